The Morgan fingerprint density at radius 1 is 1.10 bits per heavy atom. The molecule has 0 aromatic heterocycles. The second kappa shape index (κ2) is 5.77. The van der Waals surface area contributed by atoms with Crippen molar-refractivity contribution in [3.8, 4) is 0 Å². The topological polar surface area (TPSA) is 30.5 Å². The van der Waals surface area contributed by atoms with Gasteiger partial charge < -0.3 is 14.6 Å². The Balaban J connectivity index is 0.00000161. The molecule has 3 rings (SSSR count). The van der Waals surface area contributed by atoms with Crippen LogP contribution in [0, 0.1) is 0 Å². The molecule has 21 heavy (non-hydrogen) atoms. The van der Waals surface area contributed by atoms with Crippen molar-refractivity contribution in [1.82, 2.24) is 5.32 Å². The zero-order valence-corrected chi connectivity index (χ0v) is 13.9. The molecule has 0 spiro atoms. The Morgan fingerprint density at radius 3 is 2.33 bits per heavy atom. The van der Waals surface area contributed by atoms with Crippen molar-refractivity contribution in [2.45, 2.75) is 38.9 Å². The summed E-state index contributed by atoms with van der Waals surface area (Å²) < 4.78 is 12.2. The molecule has 0 saturated carbocycles. The monoisotopic (exact) mass is 307 g/mol. The van der Waals surface area contributed by atoms with Gasteiger partial charge in [-0.3, -0.25) is 0 Å². The molecule has 2 aliphatic rings. The summed E-state index contributed by atoms with van der Waals surface area (Å²) in [6.45, 7) is 10.2. The summed E-state index contributed by atoms with van der Waals surface area (Å²) in [5, 5.41) is 3.33. The molecule has 0 radical (unpaired) electrons. The third-order valence-electron chi connectivity index (χ3n) is 4.59. The van der Waals surface area contributed by atoms with Gasteiger partial charge in [0, 0.05) is 13.1 Å². The first-order valence-electron chi connectivity index (χ1n) is 7.25. The fraction of sp³-hybridized carbons (Fsp3) is 0.500. The summed E-state index contributed by atoms with van der Waals surface area (Å²) in [6, 6.07) is 8.48. The number of hydrogen-bond donors (Lipinski definition) is 1. The van der Waals surface area contributed by atoms with Crippen LogP contribution < -0.4 is 10.8 Å². The second-order valence-corrected chi connectivity index (χ2v) is 6.57. The molecule has 0 amide bonds. The SMILES string of the molecule is CC1(C)OB(c2cccc(C3=CCNC3)c2)OC1(C)C.Cl. The number of hydrogen-bond acceptors (Lipinski definition) is 3. The van der Waals surface area contributed by atoms with E-state index in [0.29, 0.717) is 0 Å². The van der Waals surface area contributed by atoms with Gasteiger partial charge in [-0.05, 0) is 44.3 Å². The van der Waals surface area contributed by atoms with Crippen LogP contribution in [0.3, 0.4) is 0 Å². The summed E-state index contributed by atoms with van der Waals surface area (Å²) in [5.74, 6) is 0. The quantitative estimate of drug-likeness (QED) is 0.851. The third kappa shape index (κ3) is 3.04. The van der Waals surface area contributed by atoms with Crippen molar-refractivity contribution in [3.63, 3.8) is 0 Å². The average molecular weight is 308 g/mol. The molecule has 2 aliphatic heterocycles. The van der Waals surface area contributed by atoms with E-state index in [1.807, 2.05) is 0 Å². The fourth-order valence-corrected chi connectivity index (χ4v) is 2.56. The van der Waals surface area contributed by atoms with E-state index in [1.54, 1.807) is 0 Å². The van der Waals surface area contributed by atoms with Crippen molar-refractivity contribution in [2.75, 3.05) is 13.1 Å². The average Bonchev–Trinajstić information content (AvgIpc) is 2.97. The largest absolute Gasteiger partial charge is 0.494 e. The van der Waals surface area contributed by atoms with Crippen LogP contribution in [0.15, 0.2) is 30.3 Å². The molecule has 5 heteroatoms. The number of nitrogens with one attached hydrogen (secondary N) is 1. The molecule has 3 nitrogen and oxygen atoms in total. The summed E-state index contributed by atoms with van der Waals surface area (Å²) in [7, 11) is -0.282. The maximum absolute atomic E-state index is 6.11. The maximum Gasteiger partial charge on any atom is 0.494 e. The van der Waals surface area contributed by atoms with Gasteiger partial charge >= 0.3 is 7.12 Å². The maximum atomic E-state index is 6.11. The normalized spacial score (nSPS) is 22.9. The summed E-state index contributed by atoms with van der Waals surface area (Å²) in [6.07, 6.45) is 2.24. The number of benzene rings is 1. The van der Waals surface area contributed by atoms with Crippen LogP contribution in [-0.2, 0) is 9.31 Å². The first kappa shape index (κ1) is 16.6. The molecule has 114 valence electrons. The van der Waals surface area contributed by atoms with Gasteiger partial charge in [0.2, 0.25) is 0 Å². The predicted octanol–water partition coefficient (Wildman–Crippen LogP) is 2.39. The van der Waals surface area contributed by atoms with Crippen LogP contribution >= 0.6 is 12.4 Å². The zero-order chi connectivity index (χ0) is 14.4. The van der Waals surface area contributed by atoms with Gasteiger partial charge in [0.15, 0.2) is 0 Å². The lowest BCUT2D eigenvalue weighted by molar-refractivity contribution is 0.00578. The highest BCUT2D eigenvalue weighted by Crippen LogP contribution is 2.36. The van der Waals surface area contributed by atoms with E-state index in [9.17, 15) is 0 Å². The van der Waals surface area contributed by atoms with Crippen LogP contribution in [0.5, 0.6) is 0 Å². The van der Waals surface area contributed by atoms with Gasteiger partial charge in [0.05, 0.1) is 11.2 Å². The molecule has 1 aromatic rings. The third-order valence-corrected chi connectivity index (χ3v) is 4.59. The molecule has 1 aromatic carbocycles. The molecular formula is C16H23BClNO2. The highest BCUT2D eigenvalue weighted by Gasteiger charge is 2.51. The van der Waals surface area contributed by atoms with E-state index in [0.717, 1.165) is 18.6 Å². The molecular weight excluding hydrogens is 284 g/mol. The summed E-state index contributed by atoms with van der Waals surface area (Å²) in [5.41, 5.74) is 3.11. The second-order valence-electron chi connectivity index (χ2n) is 6.57. The van der Waals surface area contributed by atoms with Crippen molar-refractivity contribution >= 4 is 30.6 Å². The first-order valence-corrected chi connectivity index (χ1v) is 7.25. The van der Waals surface area contributed by atoms with E-state index in [2.05, 4.69) is 63.4 Å². The minimum absolute atomic E-state index is 0. The zero-order valence-electron chi connectivity index (χ0n) is 13.1. The highest BCUT2D eigenvalue weighted by molar-refractivity contribution is 6.62. The van der Waals surface area contributed by atoms with Gasteiger partial charge in [-0.1, -0.05) is 30.3 Å². The predicted molar refractivity (Wildman–Crippen MR) is 90.3 cm³/mol. The highest BCUT2D eigenvalue weighted by atomic mass is 35.5. The van der Waals surface area contributed by atoms with Gasteiger partial charge in [-0.2, -0.15) is 0 Å². The van der Waals surface area contributed by atoms with E-state index in [1.165, 1.54) is 11.1 Å². The minimum Gasteiger partial charge on any atom is -0.399 e. The van der Waals surface area contributed by atoms with Crippen LogP contribution in [0.2, 0.25) is 0 Å². The Kier molecular flexibility index (Phi) is 4.55. The Morgan fingerprint density at radius 2 is 1.76 bits per heavy atom. The Labute approximate surface area is 133 Å². The van der Waals surface area contributed by atoms with Crippen molar-refractivity contribution in [3.05, 3.63) is 35.9 Å². The lowest BCUT2D eigenvalue weighted by Gasteiger charge is -2.32. The smallest absolute Gasteiger partial charge is 0.399 e. The minimum atomic E-state index is -0.290. The summed E-state index contributed by atoms with van der Waals surface area (Å²) in [4.78, 5) is 0. The van der Waals surface area contributed by atoms with Gasteiger partial charge in [-0.15, -0.1) is 12.4 Å². The van der Waals surface area contributed by atoms with Crippen molar-refractivity contribution < 1.29 is 9.31 Å². The Bertz CT molecular complexity index is 541. The van der Waals surface area contributed by atoms with Gasteiger partial charge in [-0.25, -0.2) is 0 Å². The van der Waals surface area contributed by atoms with Crippen molar-refractivity contribution in [1.29, 1.82) is 0 Å². The van der Waals surface area contributed by atoms with E-state index in [4.69, 9.17) is 9.31 Å². The fourth-order valence-electron chi connectivity index (χ4n) is 2.56. The summed E-state index contributed by atoms with van der Waals surface area (Å²) >= 11 is 0. The van der Waals surface area contributed by atoms with E-state index < -0.39 is 0 Å². The molecule has 0 atom stereocenters. The standard InChI is InChI=1S/C16H22BNO2.ClH/c1-15(2)16(3,4)20-17(19-15)14-7-5-6-12(10-14)13-8-9-18-11-13;/h5-8,10,18H,9,11H2,1-4H3;1H. The van der Waals surface area contributed by atoms with Gasteiger partial charge in [0.25, 0.3) is 0 Å². The van der Waals surface area contributed by atoms with Crippen LogP contribution in [0.4, 0.5) is 0 Å². The lowest BCUT2D eigenvalue weighted by atomic mass is 9.78. The van der Waals surface area contributed by atoms with Crippen LogP contribution in [-0.4, -0.2) is 31.4 Å². The lowest BCUT2D eigenvalue weighted by Crippen LogP contribution is -2.41. The van der Waals surface area contributed by atoms with Crippen LogP contribution in [0.25, 0.3) is 5.57 Å². The first-order chi connectivity index (χ1) is 9.39. The Hall–Kier alpha value is -0.805. The number of rotatable bonds is 2. The van der Waals surface area contributed by atoms with Crippen molar-refractivity contribution in [2.24, 2.45) is 0 Å². The molecule has 2 heterocycles. The molecule has 0 bridgehead atoms. The molecule has 1 saturated heterocycles. The van der Waals surface area contributed by atoms with E-state index in [-0.39, 0.29) is 30.7 Å². The number of halogens is 1. The van der Waals surface area contributed by atoms with Crippen LogP contribution in [0.1, 0.15) is 33.3 Å². The molecule has 0 aliphatic carbocycles. The molecule has 1 N–H and O–H groups in total. The van der Waals surface area contributed by atoms with E-state index >= 15 is 0 Å². The molecule has 0 unspecified atom stereocenters. The van der Waals surface area contributed by atoms with Gasteiger partial charge in [0.1, 0.15) is 0 Å². The molecule has 1 fully saturated rings.